The highest BCUT2D eigenvalue weighted by Gasteiger charge is 2.21. The summed E-state index contributed by atoms with van der Waals surface area (Å²) in [6.07, 6.45) is 0. The van der Waals surface area contributed by atoms with E-state index in [-0.39, 0.29) is 11.1 Å². The standard InChI is InChI=1S/C17H17ClN4O2/c1-10-14(12(3)24-21-10)9-19-17(23)15-11(2)20-22(16(15)18)13-7-5-4-6-8-13/h4-8H,9H2,1-3H3,(H,19,23). The molecule has 0 saturated heterocycles. The van der Waals surface area contributed by atoms with Gasteiger partial charge in [0.1, 0.15) is 10.9 Å². The lowest BCUT2D eigenvalue weighted by molar-refractivity contribution is 0.0950. The Labute approximate surface area is 144 Å². The molecule has 0 aliphatic rings. The Morgan fingerprint density at radius 1 is 1.21 bits per heavy atom. The molecule has 1 amide bonds. The minimum absolute atomic E-state index is 0.278. The molecule has 2 heterocycles. The highest BCUT2D eigenvalue weighted by molar-refractivity contribution is 6.33. The molecule has 1 N–H and O–H groups in total. The number of hydrogen-bond donors (Lipinski definition) is 1. The first-order valence-corrected chi connectivity index (χ1v) is 7.87. The second kappa shape index (κ2) is 6.49. The van der Waals surface area contributed by atoms with Crippen molar-refractivity contribution in [2.45, 2.75) is 27.3 Å². The van der Waals surface area contributed by atoms with Gasteiger partial charge in [0, 0.05) is 12.1 Å². The van der Waals surface area contributed by atoms with Crippen LogP contribution in [-0.2, 0) is 6.54 Å². The van der Waals surface area contributed by atoms with Crippen LogP contribution in [0.5, 0.6) is 0 Å². The minimum Gasteiger partial charge on any atom is -0.361 e. The maximum Gasteiger partial charge on any atom is 0.256 e. The zero-order valence-electron chi connectivity index (χ0n) is 13.6. The SMILES string of the molecule is Cc1noc(C)c1CNC(=O)c1c(C)nn(-c2ccccc2)c1Cl. The van der Waals surface area contributed by atoms with Crippen LogP contribution in [0.1, 0.15) is 33.1 Å². The molecule has 0 fully saturated rings. The van der Waals surface area contributed by atoms with E-state index in [9.17, 15) is 4.79 Å². The first kappa shape index (κ1) is 16.3. The summed E-state index contributed by atoms with van der Waals surface area (Å²) in [5.74, 6) is 0.412. The highest BCUT2D eigenvalue weighted by atomic mass is 35.5. The minimum atomic E-state index is -0.278. The summed E-state index contributed by atoms with van der Waals surface area (Å²) in [4.78, 5) is 12.5. The second-order valence-electron chi connectivity index (χ2n) is 5.48. The fourth-order valence-corrected chi connectivity index (χ4v) is 2.87. The van der Waals surface area contributed by atoms with Crippen molar-refractivity contribution in [3.8, 4) is 5.69 Å². The van der Waals surface area contributed by atoms with Gasteiger partial charge in [0.05, 0.1) is 22.6 Å². The number of nitrogens with zero attached hydrogens (tertiary/aromatic N) is 3. The molecule has 6 nitrogen and oxygen atoms in total. The number of halogens is 1. The average molecular weight is 345 g/mol. The third-order valence-corrected chi connectivity index (χ3v) is 4.19. The Balaban J connectivity index is 1.84. The molecular weight excluding hydrogens is 328 g/mol. The Morgan fingerprint density at radius 2 is 1.92 bits per heavy atom. The monoisotopic (exact) mass is 344 g/mol. The fourth-order valence-electron chi connectivity index (χ4n) is 2.51. The molecule has 3 aromatic rings. The molecule has 0 aliphatic carbocycles. The molecule has 1 aromatic carbocycles. The third kappa shape index (κ3) is 2.92. The smallest absolute Gasteiger partial charge is 0.256 e. The van der Waals surface area contributed by atoms with E-state index in [0.29, 0.717) is 23.6 Å². The maximum atomic E-state index is 12.5. The fraction of sp³-hybridized carbons (Fsp3) is 0.235. The summed E-state index contributed by atoms with van der Waals surface area (Å²) in [7, 11) is 0. The summed E-state index contributed by atoms with van der Waals surface area (Å²) < 4.78 is 6.66. The summed E-state index contributed by atoms with van der Waals surface area (Å²) >= 11 is 6.39. The van der Waals surface area contributed by atoms with Gasteiger partial charge in [-0.05, 0) is 32.9 Å². The number of para-hydroxylation sites is 1. The summed E-state index contributed by atoms with van der Waals surface area (Å²) in [6.45, 7) is 5.74. The molecule has 0 radical (unpaired) electrons. The van der Waals surface area contributed by atoms with Crippen LogP contribution >= 0.6 is 11.6 Å². The Hall–Kier alpha value is -2.60. The first-order chi connectivity index (χ1) is 11.5. The van der Waals surface area contributed by atoms with E-state index in [2.05, 4.69) is 15.6 Å². The van der Waals surface area contributed by atoms with Crippen LogP contribution < -0.4 is 5.32 Å². The largest absolute Gasteiger partial charge is 0.361 e. The molecular formula is C17H17ClN4O2. The van der Waals surface area contributed by atoms with Crippen molar-refractivity contribution in [1.82, 2.24) is 20.3 Å². The molecule has 124 valence electrons. The van der Waals surface area contributed by atoms with Gasteiger partial charge in [-0.1, -0.05) is 35.0 Å². The predicted octanol–water partition coefficient (Wildman–Crippen LogP) is 3.37. The molecule has 0 atom stereocenters. The van der Waals surface area contributed by atoms with Gasteiger partial charge < -0.3 is 9.84 Å². The van der Waals surface area contributed by atoms with Gasteiger partial charge in [-0.3, -0.25) is 4.79 Å². The van der Waals surface area contributed by atoms with Crippen molar-refractivity contribution < 1.29 is 9.32 Å². The van der Waals surface area contributed by atoms with Gasteiger partial charge in [-0.15, -0.1) is 0 Å². The highest BCUT2D eigenvalue weighted by Crippen LogP contribution is 2.23. The van der Waals surface area contributed by atoms with E-state index in [0.717, 1.165) is 16.9 Å². The maximum absolute atomic E-state index is 12.5. The molecule has 2 aromatic heterocycles. The molecule has 24 heavy (non-hydrogen) atoms. The summed E-state index contributed by atoms with van der Waals surface area (Å²) in [6, 6.07) is 9.44. The molecule has 0 saturated carbocycles. The Kier molecular flexibility index (Phi) is 4.40. The van der Waals surface area contributed by atoms with Gasteiger partial charge in [0.2, 0.25) is 0 Å². The summed E-state index contributed by atoms with van der Waals surface area (Å²) in [5, 5.41) is 11.4. The van der Waals surface area contributed by atoms with Crippen LogP contribution in [0.25, 0.3) is 5.69 Å². The molecule has 0 aliphatic heterocycles. The number of rotatable bonds is 4. The van der Waals surface area contributed by atoms with Crippen LogP contribution in [0, 0.1) is 20.8 Å². The number of carbonyl (C=O) groups is 1. The van der Waals surface area contributed by atoms with E-state index in [1.165, 1.54) is 0 Å². The van der Waals surface area contributed by atoms with Gasteiger partial charge >= 0.3 is 0 Å². The van der Waals surface area contributed by atoms with Crippen LogP contribution in [0.15, 0.2) is 34.9 Å². The van der Waals surface area contributed by atoms with E-state index in [4.69, 9.17) is 16.1 Å². The lowest BCUT2D eigenvalue weighted by Gasteiger charge is -2.05. The zero-order valence-corrected chi connectivity index (χ0v) is 14.4. The number of benzene rings is 1. The Bertz CT molecular complexity index is 864. The van der Waals surface area contributed by atoms with E-state index >= 15 is 0 Å². The molecule has 3 rings (SSSR count). The molecule has 0 spiro atoms. The molecule has 0 bridgehead atoms. The van der Waals surface area contributed by atoms with Crippen LogP contribution in [0.3, 0.4) is 0 Å². The number of amides is 1. The van der Waals surface area contributed by atoms with Crippen molar-refractivity contribution in [1.29, 1.82) is 0 Å². The number of nitrogens with one attached hydrogen (secondary N) is 1. The van der Waals surface area contributed by atoms with Crippen LogP contribution in [-0.4, -0.2) is 20.8 Å². The summed E-state index contributed by atoms with van der Waals surface area (Å²) in [5.41, 5.74) is 3.37. The average Bonchev–Trinajstić information content (AvgIpc) is 3.05. The van der Waals surface area contributed by atoms with Crippen molar-refractivity contribution in [3.63, 3.8) is 0 Å². The Morgan fingerprint density at radius 3 is 2.54 bits per heavy atom. The normalized spacial score (nSPS) is 10.8. The second-order valence-corrected chi connectivity index (χ2v) is 5.84. The van der Waals surface area contributed by atoms with Crippen molar-refractivity contribution in [2.75, 3.05) is 0 Å². The van der Waals surface area contributed by atoms with Gasteiger partial charge in [0.15, 0.2) is 0 Å². The first-order valence-electron chi connectivity index (χ1n) is 7.49. The van der Waals surface area contributed by atoms with Crippen molar-refractivity contribution in [2.24, 2.45) is 0 Å². The van der Waals surface area contributed by atoms with Gasteiger partial charge in [-0.25, -0.2) is 4.68 Å². The van der Waals surface area contributed by atoms with Gasteiger partial charge in [0.25, 0.3) is 5.91 Å². The number of hydrogen-bond acceptors (Lipinski definition) is 4. The van der Waals surface area contributed by atoms with Crippen LogP contribution in [0.2, 0.25) is 5.15 Å². The number of aryl methyl sites for hydroxylation is 3. The third-order valence-electron chi connectivity index (χ3n) is 3.84. The zero-order chi connectivity index (χ0) is 17.3. The molecule has 7 heteroatoms. The van der Waals surface area contributed by atoms with E-state index in [1.54, 1.807) is 11.6 Å². The van der Waals surface area contributed by atoms with Gasteiger partial charge in [-0.2, -0.15) is 5.10 Å². The topological polar surface area (TPSA) is 73.0 Å². The van der Waals surface area contributed by atoms with Crippen molar-refractivity contribution in [3.05, 3.63) is 63.8 Å². The lowest BCUT2D eigenvalue weighted by atomic mass is 10.2. The van der Waals surface area contributed by atoms with E-state index < -0.39 is 0 Å². The predicted molar refractivity (Wildman–Crippen MR) is 90.5 cm³/mol. The number of aromatic nitrogens is 3. The van der Waals surface area contributed by atoms with Crippen molar-refractivity contribution >= 4 is 17.5 Å². The lowest BCUT2D eigenvalue weighted by Crippen LogP contribution is -2.24. The molecule has 0 unspecified atom stereocenters. The quantitative estimate of drug-likeness (QED) is 0.787. The van der Waals surface area contributed by atoms with E-state index in [1.807, 2.05) is 44.2 Å². The number of carbonyl (C=O) groups excluding carboxylic acids is 1. The van der Waals surface area contributed by atoms with Crippen LogP contribution in [0.4, 0.5) is 0 Å².